The van der Waals surface area contributed by atoms with E-state index in [2.05, 4.69) is 0 Å². The van der Waals surface area contributed by atoms with Crippen LogP contribution in [0.2, 0.25) is 0 Å². The van der Waals surface area contributed by atoms with E-state index in [0.717, 1.165) is 17.7 Å². The molecular weight excluding hydrogens is 391 g/mol. The molecule has 0 radical (unpaired) electrons. The van der Waals surface area contributed by atoms with E-state index in [1.54, 1.807) is 12.2 Å². The molecule has 1 aliphatic heterocycles. The van der Waals surface area contributed by atoms with E-state index in [0.29, 0.717) is 6.61 Å². The number of hydrogen-bond donors (Lipinski definition) is 0. The van der Waals surface area contributed by atoms with E-state index in [9.17, 15) is 21.6 Å². The van der Waals surface area contributed by atoms with Crippen molar-refractivity contribution in [3.63, 3.8) is 0 Å². The molecule has 2 aromatic carbocycles. The van der Waals surface area contributed by atoms with Gasteiger partial charge in [0.05, 0.1) is 30.6 Å². The van der Waals surface area contributed by atoms with Gasteiger partial charge in [0.2, 0.25) is 10.0 Å². The van der Waals surface area contributed by atoms with Gasteiger partial charge in [-0.05, 0) is 17.2 Å². The third-order valence-corrected chi connectivity index (χ3v) is 6.11. The van der Waals surface area contributed by atoms with Gasteiger partial charge in [0.1, 0.15) is 0 Å². The van der Waals surface area contributed by atoms with Crippen molar-refractivity contribution in [2.45, 2.75) is 25.4 Å². The molecule has 1 aliphatic rings. The zero-order valence-corrected chi connectivity index (χ0v) is 15.8. The Morgan fingerprint density at radius 2 is 1.75 bits per heavy atom. The molecule has 0 aliphatic carbocycles. The maximum Gasteiger partial charge on any atom is 0.416 e. The van der Waals surface area contributed by atoms with Gasteiger partial charge < -0.3 is 4.74 Å². The van der Waals surface area contributed by atoms with Crippen molar-refractivity contribution in [2.75, 3.05) is 12.4 Å². The SMILES string of the molecule is O=S1(=O)CC=C[C@H](COCc2ccccc2)N1Cc1cccc(C(F)(F)F)c1. The lowest BCUT2D eigenvalue weighted by Gasteiger charge is -2.31. The first-order chi connectivity index (χ1) is 13.3. The summed E-state index contributed by atoms with van der Waals surface area (Å²) >= 11 is 0. The Hall–Kier alpha value is -2.16. The molecule has 0 saturated carbocycles. The molecule has 0 unspecified atom stereocenters. The van der Waals surface area contributed by atoms with Crippen molar-refractivity contribution in [2.24, 2.45) is 0 Å². The molecule has 2 aromatic rings. The predicted octanol–water partition coefficient (Wildman–Crippen LogP) is 3.99. The van der Waals surface area contributed by atoms with Crippen LogP contribution in [0.5, 0.6) is 0 Å². The molecule has 1 atom stereocenters. The molecular formula is C20H20F3NO3S. The van der Waals surface area contributed by atoms with Crippen LogP contribution in [0.15, 0.2) is 66.7 Å². The largest absolute Gasteiger partial charge is 0.416 e. The monoisotopic (exact) mass is 411 g/mol. The Morgan fingerprint density at radius 3 is 2.46 bits per heavy atom. The zero-order chi connectivity index (χ0) is 20.2. The van der Waals surface area contributed by atoms with Crippen LogP contribution in [0.3, 0.4) is 0 Å². The highest BCUT2D eigenvalue weighted by molar-refractivity contribution is 7.89. The van der Waals surface area contributed by atoms with Crippen molar-refractivity contribution in [1.29, 1.82) is 0 Å². The first kappa shape index (κ1) is 20.6. The maximum absolute atomic E-state index is 12.9. The summed E-state index contributed by atoms with van der Waals surface area (Å²) < 4.78 is 70.7. The average Bonchev–Trinajstić information content (AvgIpc) is 2.65. The Kier molecular flexibility index (Phi) is 6.22. The van der Waals surface area contributed by atoms with E-state index in [1.807, 2.05) is 30.3 Å². The standard InChI is InChI=1S/C20H20F3NO3S/c21-20(22,23)18-9-4-8-17(12-18)13-24-19(10-5-11-28(24,25)26)15-27-14-16-6-2-1-3-7-16/h1-10,12,19H,11,13-15H2/t19-/m1/s1. The minimum atomic E-state index is -4.48. The second-order valence-electron chi connectivity index (χ2n) is 6.52. The summed E-state index contributed by atoms with van der Waals surface area (Å²) in [6.45, 7) is 0.294. The second kappa shape index (κ2) is 8.46. The number of alkyl halides is 3. The van der Waals surface area contributed by atoms with Gasteiger partial charge in [0.25, 0.3) is 0 Å². The van der Waals surface area contributed by atoms with E-state index in [-0.39, 0.29) is 24.5 Å². The fraction of sp³-hybridized carbons (Fsp3) is 0.300. The van der Waals surface area contributed by atoms with Crippen LogP contribution >= 0.6 is 0 Å². The molecule has 0 N–H and O–H groups in total. The third kappa shape index (κ3) is 5.21. The van der Waals surface area contributed by atoms with Gasteiger partial charge in [-0.1, -0.05) is 60.7 Å². The molecule has 8 heteroatoms. The number of benzene rings is 2. The van der Waals surface area contributed by atoms with Gasteiger partial charge in [0, 0.05) is 6.54 Å². The van der Waals surface area contributed by atoms with E-state index in [4.69, 9.17) is 4.74 Å². The number of rotatable bonds is 6. The molecule has 28 heavy (non-hydrogen) atoms. The van der Waals surface area contributed by atoms with Gasteiger partial charge >= 0.3 is 6.18 Å². The van der Waals surface area contributed by atoms with Crippen molar-refractivity contribution >= 4 is 10.0 Å². The van der Waals surface area contributed by atoms with E-state index < -0.39 is 27.8 Å². The summed E-state index contributed by atoms with van der Waals surface area (Å²) in [4.78, 5) is 0. The topological polar surface area (TPSA) is 46.6 Å². The molecule has 0 aromatic heterocycles. The van der Waals surface area contributed by atoms with E-state index >= 15 is 0 Å². The van der Waals surface area contributed by atoms with Crippen LogP contribution < -0.4 is 0 Å². The van der Waals surface area contributed by atoms with Crippen LogP contribution in [-0.2, 0) is 34.1 Å². The summed E-state index contributed by atoms with van der Waals surface area (Å²) in [6.07, 6.45) is -1.21. The molecule has 0 spiro atoms. The smallest absolute Gasteiger partial charge is 0.375 e. The quantitative estimate of drug-likeness (QED) is 0.676. The summed E-state index contributed by atoms with van der Waals surface area (Å²) in [5.74, 6) is -0.179. The fourth-order valence-electron chi connectivity index (χ4n) is 2.98. The second-order valence-corrected chi connectivity index (χ2v) is 8.48. The number of nitrogens with zero attached hydrogens (tertiary/aromatic N) is 1. The van der Waals surface area contributed by atoms with Crippen LogP contribution in [0.4, 0.5) is 13.2 Å². The minimum Gasteiger partial charge on any atom is -0.375 e. The first-order valence-electron chi connectivity index (χ1n) is 8.70. The maximum atomic E-state index is 12.9. The Bertz CT molecular complexity index is 927. The number of sulfonamides is 1. The van der Waals surface area contributed by atoms with Gasteiger partial charge in [-0.2, -0.15) is 17.5 Å². The van der Waals surface area contributed by atoms with Crippen molar-refractivity contribution in [1.82, 2.24) is 4.31 Å². The average molecular weight is 411 g/mol. The van der Waals surface area contributed by atoms with Crippen molar-refractivity contribution in [3.05, 3.63) is 83.4 Å². The van der Waals surface area contributed by atoms with Crippen molar-refractivity contribution in [3.8, 4) is 0 Å². The number of halogens is 3. The number of hydrogen-bond acceptors (Lipinski definition) is 3. The van der Waals surface area contributed by atoms with Gasteiger partial charge in [-0.25, -0.2) is 8.42 Å². The fourth-order valence-corrected chi connectivity index (χ4v) is 4.42. The summed E-state index contributed by atoms with van der Waals surface area (Å²) in [7, 11) is -3.63. The normalized spacial score (nSPS) is 19.6. The number of ether oxygens (including phenoxy) is 1. The van der Waals surface area contributed by atoms with Crippen LogP contribution in [0.1, 0.15) is 16.7 Å². The van der Waals surface area contributed by atoms with Gasteiger partial charge in [0.15, 0.2) is 0 Å². The highest BCUT2D eigenvalue weighted by atomic mass is 32.2. The van der Waals surface area contributed by atoms with Gasteiger partial charge in [-0.15, -0.1) is 0 Å². The Morgan fingerprint density at radius 1 is 1.04 bits per heavy atom. The predicted molar refractivity (Wildman–Crippen MR) is 99.8 cm³/mol. The lowest BCUT2D eigenvalue weighted by molar-refractivity contribution is -0.137. The van der Waals surface area contributed by atoms with Crippen LogP contribution in [0, 0.1) is 0 Å². The summed E-state index contributed by atoms with van der Waals surface area (Å²) in [6, 6.07) is 13.6. The van der Waals surface area contributed by atoms with Crippen molar-refractivity contribution < 1.29 is 26.3 Å². The molecule has 0 bridgehead atoms. The minimum absolute atomic E-state index is 0.115. The molecule has 150 valence electrons. The molecule has 1 heterocycles. The highest BCUT2D eigenvalue weighted by Crippen LogP contribution is 2.30. The zero-order valence-electron chi connectivity index (χ0n) is 15.0. The Balaban J connectivity index is 1.73. The molecule has 0 fully saturated rings. The van der Waals surface area contributed by atoms with Crippen LogP contribution in [0.25, 0.3) is 0 Å². The first-order valence-corrected chi connectivity index (χ1v) is 10.3. The summed E-state index contributed by atoms with van der Waals surface area (Å²) in [5, 5.41) is 0. The van der Waals surface area contributed by atoms with E-state index in [1.165, 1.54) is 16.4 Å². The Labute approximate surface area is 162 Å². The highest BCUT2D eigenvalue weighted by Gasteiger charge is 2.33. The summed E-state index contributed by atoms with van der Waals surface area (Å²) in [5.41, 5.74) is 0.433. The molecule has 4 nitrogen and oxygen atoms in total. The molecule has 0 saturated heterocycles. The molecule has 0 amide bonds. The lowest BCUT2D eigenvalue weighted by atomic mass is 10.1. The lowest BCUT2D eigenvalue weighted by Crippen LogP contribution is -2.44. The van der Waals surface area contributed by atoms with Crippen LogP contribution in [-0.4, -0.2) is 31.1 Å². The van der Waals surface area contributed by atoms with Gasteiger partial charge in [-0.3, -0.25) is 0 Å². The molecule has 3 rings (SSSR count). The third-order valence-electron chi connectivity index (χ3n) is 4.39.